The van der Waals surface area contributed by atoms with Crippen molar-refractivity contribution >= 4 is 17.2 Å². The minimum absolute atomic E-state index is 0.0268. The summed E-state index contributed by atoms with van der Waals surface area (Å²) in [5.41, 5.74) is 0. The largest absolute Gasteiger partial charge is 0.328 e. The van der Waals surface area contributed by atoms with Crippen molar-refractivity contribution in [3.63, 3.8) is 0 Å². The molecule has 0 heterocycles. The molecule has 0 aliphatic heterocycles. The Bertz CT molecular complexity index is 175. The van der Waals surface area contributed by atoms with Crippen molar-refractivity contribution in [3.05, 3.63) is 0 Å². The highest BCUT2D eigenvalue weighted by atomic mass is 31.2. The maximum Gasteiger partial charge on any atom is 0.327 e. The molecule has 0 aliphatic carbocycles. The maximum atomic E-state index is 8.42. The smallest absolute Gasteiger partial charge is 0.327 e. The van der Waals surface area contributed by atoms with E-state index < -0.39 is 17.2 Å². The number of rotatable bonds is 10. The van der Waals surface area contributed by atoms with Crippen molar-refractivity contribution in [2.24, 2.45) is 0 Å². The minimum Gasteiger partial charge on any atom is -0.328 e. The van der Waals surface area contributed by atoms with Crippen molar-refractivity contribution in [1.82, 2.24) is 0 Å². The summed E-state index contributed by atoms with van der Waals surface area (Å²) < 4.78 is 9.46. The average molecular weight is 332 g/mol. The molecule has 0 amide bonds. The summed E-state index contributed by atoms with van der Waals surface area (Å²) in [5, 5.41) is 0. The molecule has 6 nitrogen and oxygen atoms in total. The van der Waals surface area contributed by atoms with Crippen molar-refractivity contribution in [2.45, 2.75) is 78.4 Å². The van der Waals surface area contributed by atoms with E-state index in [1.807, 2.05) is 13.8 Å². The predicted octanol–water partition coefficient (Wildman–Crippen LogP) is 3.59. The fourth-order valence-corrected chi connectivity index (χ4v) is 2.27. The van der Waals surface area contributed by atoms with Crippen LogP contribution in [0.1, 0.15) is 66.2 Å². The van der Waals surface area contributed by atoms with Crippen LogP contribution in [-0.2, 0) is 9.05 Å². The first-order chi connectivity index (χ1) is 9.33. The second-order valence-electron chi connectivity index (χ2n) is 4.62. The molecule has 124 valence electrons. The summed E-state index contributed by atoms with van der Waals surface area (Å²) in [5.74, 6) is 0. The highest BCUT2D eigenvalue weighted by Gasteiger charge is 2.07. The molecule has 0 aliphatic rings. The molecule has 0 saturated heterocycles. The molecule has 0 saturated carbocycles. The lowest BCUT2D eigenvalue weighted by molar-refractivity contribution is 0.174. The van der Waals surface area contributed by atoms with Gasteiger partial charge in [-0.15, -0.1) is 0 Å². The van der Waals surface area contributed by atoms with Gasteiger partial charge in [0.25, 0.3) is 0 Å². The second-order valence-corrected chi connectivity index (χ2v) is 6.05. The van der Waals surface area contributed by atoms with E-state index in [9.17, 15) is 0 Å². The predicted molar refractivity (Wildman–Crippen MR) is 82.9 cm³/mol. The SMILES string of the molecule is CCCCC(C)OP(O)O.CCCCC(C)OP(O)O. The van der Waals surface area contributed by atoms with Crippen LogP contribution in [0, 0.1) is 0 Å². The van der Waals surface area contributed by atoms with Crippen molar-refractivity contribution in [2.75, 3.05) is 0 Å². The lowest BCUT2D eigenvalue weighted by Gasteiger charge is -2.11. The van der Waals surface area contributed by atoms with Crippen LogP contribution in [0.25, 0.3) is 0 Å². The van der Waals surface area contributed by atoms with E-state index in [1.54, 1.807) is 0 Å². The Balaban J connectivity index is 0. The number of hydrogen-bond acceptors (Lipinski definition) is 6. The van der Waals surface area contributed by atoms with Gasteiger partial charge in [-0.05, 0) is 26.7 Å². The standard InChI is InChI=1S/2C6H15O3P/c2*1-3-4-5-6(2)9-10(7)8/h2*6-8H,3-5H2,1-2H3. The van der Waals surface area contributed by atoms with Gasteiger partial charge in [0.1, 0.15) is 0 Å². The van der Waals surface area contributed by atoms with Crippen LogP contribution >= 0.6 is 17.2 Å². The van der Waals surface area contributed by atoms with Gasteiger partial charge >= 0.3 is 17.2 Å². The Morgan fingerprint density at radius 1 is 0.750 bits per heavy atom. The average Bonchev–Trinajstić information content (AvgIpc) is 2.33. The van der Waals surface area contributed by atoms with Crippen LogP contribution in [0.3, 0.4) is 0 Å². The van der Waals surface area contributed by atoms with E-state index >= 15 is 0 Å². The van der Waals surface area contributed by atoms with E-state index in [-0.39, 0.29) is 12.2 Å². The fourth-order valence-electron chi connectivity index (χ4n) is 1.41. The van der Waals surface area contributed by atoms with E-state index in [4.69, 9.17) is 28.6 Å². The van der Waals surface area contributed by atoms with E-state index in [1.165, 1.54) is 0 Å². The normalized spacial score (nSPS) is 14.1. The van der Waals surface area contributed by atoms with Gasteiger partial charge in [0.2, 0.25) is 0 Å². The molecule has 0 radical (unpaired) electrons. The van der Waals surface area contributed by atoms with Crippen LogP contribution in [0.5, 0.6) is 0 Å². The summed E-state index contributed by atoms with van der Waals surface area (Å²) in [6.07, 6.45) is 6.12. The second kappa shape index (κ2) is 16.0. The van der Waals surface area contributed by atoms with E-state index in [0.29, 0.717) is 0 Å². The summed E-state index contributed by atoms with van der Waals surface area (Å²) in [7, 11) is -4.31. The van der Waals surface area contributed by atoms with Crippen molar-refractivity contribution < 1.29 is 28.6 Å². The molecule has 4 N–H and O–H groups in total. The Hall–Kier alpha value is 0.620. The first-order valence-electron chi connectivity index (χ1n) is 7.02. The number of hydrogen-bond donors (Lipinski definition) is 4. The Kier molecular flexibility index (Phi) is 18.3. The van der Waals surface area contributed by atoms with Gasteiger partial charge in [-0.2, -0.15) is 0 Å². The van der Waals surface area contributed by atoms with Gasteiger partial charge in [0.05, 0.1) is 12.2 Å². The highest BCUT2D eigenvalue weighted by Crippen LogP contribution is 2.28. The third-order valence-electron chi connectivity index (χ3n) is 2.48. The zero-order valence-corrected chi connectivity index (χ0v) is 14.7. The molecule has 0 aromatic heterocycles. The molecule has 0 spiro atoms. The van der Waals surface area contributed by atoms with Crippen LogP contribution in [0.15, 0.2) is 0 Å². The van der Waals surface area contributed by atoms with Crippen LogP contribution in [0.4, 0.5) is 0 Å². The Morgan fingerprint density at radius 2 is 1.05 bits per heavy atom. The molecule has 0 aromatic rings. The number of unbranched alkanes of at least 4 members (excludes halogenated alkanes) is 2. The molecular weight excluding hydrogens is 302 g/mol. The lowest BCUT2D eigenvalue weighted by Crippen LogP contribution is -2.03. The molecule has 8 heteroatoms. The zero-order valence-electron chi connectivity index (χ0n) is 12.9. The quantitative estimate of drug-likeness (QED) is 0.456. The summed E-state index contributed by atoms with van der Waals surface area (Å²) in [6, 6.07) is 0. The summed E-state index contributed by atoms with van der Waals surface area (Å²) in [6.45, 7) is 7.87. The third-order valence-corrected chi connectivity index (χ3v) is 3.57. The Morgan fingerprint density at radius 3 is 1.25 bits per heavy atom. The van der Waals surface area contributed by atoms with Crippen LogP contribution in [0.2, 0.25) is 0 Å². The van der Waals surface area contributed by atoms with E-state index in [2.05, 4.69) is 13.8 Å². The molecule has 2 atom stereocenters. The molecule has 0 fully saturated rings. The van der Waals surface area contributed by atoms with Gasteiger partial charge in [0, 0.05) is 0 Å². The molecule has 0 rings (SSSR count). The molecule has 20 heavy (non-hydrogen) atoms. The first kappa shape index (κ1) is 22.9. The summed E-state index contributed by atoms with van der Waals surface area (Å²) in [4.78, 5) is 33.7. The van der Waals surface area contributed by atoms with E-state index in [0.717, 1.165) is 38.5 Å². The molecular formula is C12H30O6P2. The monoisotopic (exact) mass is 332 g/mol. The maximum absolute atomic E-state index is 8.42. The van der Waals surface area contributed by atoms with Gasteiger partial charge < -0.3 is 28.6 Å². The lowest BCUT2D eigenvalue weighted by atomic mass is 10.2. The molecule has 0 aromatic carbocycles. The Labute approximate surface area is 125 Å². The minimum atomic E-state index is -2.16. The zero-order chi connectivity index (χ0) is 16.0. The van der Waals surface area contributed by atoms with Crippen molar-refractivity contribution in [1.29, 1.82) is 0 Å². The van der Waals surface area contributed by atoms with Crippen LogP contribution < -0.4 is 0 Å². The topological polar surface area (TPSA) is 99.4 Å². The molecule has 2 unspecified atom stereocenters. The van der Waals surface area contributed by atoms with Gasteiger partial charge in [-0.25, -0.2) is 0 Å². The third kappa shape index (κ3) is 20.9. The van der Waals surface area contributed by atoms with Gasteiger partial charge in [-0.1, -0.05) is 39.5 Å². The highest BCUT2D eigenvalue weighted by molar-refractivity contribution is 7.39. The molecule has 0 bridgehead atoms. The van der Waals surface area contributed by atoms with Crippen LogP contribution in [-0.4, -0.2) is 31.8 Å². The van der Waals surface area contributed by atoms with Gasteiger partial charge in [0.15, 0.2) is 0 Å². The van der Waals surface area contributed by atoms with Crippen molar-refractivity contribution in [3.8, 4) is 0 Å². The van der Waals surface area contributed by atoms with Gasteiger partial charge in [-0.3, -0.25) is 0 Å². The fraction of sp³-hybridized carbons (Fsp3) is 1.00. The first-order valence-corrected chi connectivity index (χ1v) is 9.35. The summed E-state index contributed by atoms with van der Waals surface area (Å²) >= 11 is 0.